The van der Waals surface area contributed by atoms with Crippen molar-refractivity contribution in [2.45, 2.75) is 12.4 Å². The van der Waals surface area contributed by atoms with Gasteiger partial charge in [-0.1, -0.05) is 0 Å². The molecule has 0 rings (SSSR count). The molecule has 0 aromatic heterocycles. The van der Waals surface area contributed by atoms with Crippen molar-refractivity contribution < 1.29 is 42.1 Å². The molecule has 12 heteroatoms. The van der Waals surface area contributed by atoms with Crippen LogP contribution in [0.5, 0.6) is 0 Å². The SMILES string of the molecule is O=C(O[IH]OC(=O)C(F)(F)F)C(F)(F)F.[AlH2]. The number of hydrogen-bond donors (Lipinski definition) is 0. The van der Waals surface area contributed by atoms with Gasteiger partial charge in [-0.25, -0.2) is 0 Å². The van der Waals surface area contributed by atoms with E-state index in [2.05, 4.69) is 6.13 Å². The van der Waals surface area contributed by atoms with Gasteiger partial charge in [0.1, 0.15) is 17.4 Å². The van der Waals surface area contributed by atoms with E-state index in [1.54, 1.807) is 0 Å². The maximum Gasteiger partial charge on any atom is 0.146 e. The summed E-state index contributed by atoms with van der Waals surface area (Å²) < 4.78 is 74.9. The summed E-state index contributed by atoms with van der Waals surface area (Å²) in [5.41, 5.74) is 0. The van der Waals surface area contributed by atoms with E-state index in [9.17, 15) is 35.9 Å². The minimum atomic E-state index is -5.32. The van der Waals surface area contributed by atoms with E-state index < -0.39 is 46.3 Å². The first kappa shape index (κ1) is 18.2. The molecule has 1 radical (unpaired) electrons. The second kappa shape index (κ2) is 6.50. The number of hydrogen-bond acceptors (Lipinski definition) is 4. The molecule has 0 spiro atoms. The maximum atomic E-state index is 11.4. The third kappa shape index (κ3) is 7.12. The Kier molecular flexibility index (Phi) is 7.38. The van der Waals surface area contributed by atoms with E-state index in [0.717, 1.165) is 0 Å². The molecule has 0 unspecified atom stereocenters. The van der Waals surface area contributed by atoms with Crippen molar-refractivity contribution in [3.05, 3.63) is 0 Å². The van der Waals surface area contributed by atoms with Crippen molar-refractivity contribution in [3.63, 3.8) is 0 Å². The van der Waals surface area contributed by atoms with Crippen molar-refractivity contribution in [2.24, 2.45) is 0 Å². The van der Waals surface area contributed by atoms with Crippen LogP contribution in [-0.4, -0.2) is 41.7 Å². The second-order valence-electron chi connectivity index (χ2n) is 1.81. The molecule has 0 heterocycles. The number of halogens is 7. The Hall–Kier alpha value is -0.218. The Labute approximate surface area is 106 Å². The zero-order valence-corrected chi connectivity index (χ0v) is 11.6. The van der Waals surface area contributed by atoms with Gasteiger partial charge in [-0.3, -0.25) is 0 Å². The van der Waals surface area contributed by atoms with Gasteiger partial charge in [-0.2, -0.15) is 0 Å². The van der Waals surface area contributed by atoms with Crippen LogP contribution in [0.4, 0.5) is 26.3 Å². The molecule has 95 valence electrons. The predicted molar refractivity (Wildman–Crippen MR) is 48.3 cm³/mol. The number of rotatable bonds is 2. The molecule has 0 amide bonds. The van der Waals surface area contributed by atoms with Crippen LogP contribution in [0.15, 0.2) is 0 Å². The van der Waals surface area contributed by atoms with Gasteiger partial charge in [0.05, 0.1) is 0 Å². The molecule has 0 aliphatic carbocycles. The monoisotopic (exact) mass is 383 g/mol. The molecule has 0 bridgehead atoms. The van der Waals surface area contributed by atoms with Gasteiger partial charge in [0, 0.05) is 0 Å². The molecule has 0 fully saturated rings. The Morgan fingerprint density at radius 1 is 0.812 bits per heavy atom. The zero-order valence-electron chi connectivity index (χ0n) is 7.31. The first-order valence-corrected chi connectivity index (χ1v) is 4.69. The summed E-state index contributed by atoms with van der Waals surface area (Å²) in [6.45, 7) is 0. The molecule has 0 saturated carbocycles. The Morgan fingerprint density at radius 2 is 1.06 bits per heavy atom. The van der Waals surface area contributed by atoms with Crippen LogP contribution in [-0.2, 0) is 15.7 Å². The van der Waals surface area contributed by atoms with Crippen LogP contribution in [0.1, 0.15) is 0 Å². The molecule has 0 atom stereocenters. The topological polar surface area (TPSA) is 52.6 Å². The van der Waals surface area contributed by atoms with Gasteiger partial charge >= 0.3 is 88.4 Å². The van der Waals surface area contributed by atoms with Gasteiger partial charge in [-0.05, 0) is 0 Å². The third-order valence-electron chi connectivity index (χ3n) is 0.682. The van der Waals surface area contributed by atoms with Gasteiger partial charge in [-0.15, -0.1) is 0 Å². The summed E-state index contributed by atoms with van der Waals surface area (Å²) >= 11 is -2.90. The average Bonchev–Trinajstić information content (AvgIpc) is 2.00. The minimum absolute atomic E-state index is 0. The molecule has 0 N–H and O–H groups in total. The molecule has 0 aliphatic rings. The van der Waals surface area contributed by atoms with Gasteiger partial charge in [0.2, 0.25) is 0 Å². The molecule has 16 heavy (non-hydrogen) atoms. The van der Waals surface area contributed by atoms with Crippen molar-refractivity contribution >= 4 is 51.3 Å². The van der Waals surface area contributed by atoms with Crippen molar-refractivity contribution in [1.82, 2.24) is 0 Å². The molecule has 0 aromatic rings. The number of carbonyl (C=O) groups excluding carboxylic acids is 2. The molecule has 0 aromatic carbocycles. The molecule has 0 aliphatic heterocycles. The molecule has 0 saturated heterocycles. The fourth-order valence-electron chi connectivity index (χ4n) is 0.173. The van der Waals surface area contributed by atoms with E-state index in [1.165, 1.54) is 0 Å². The maximum absolute atomic E-state index is 11.4. The average molecular weight is 383 g/mol. The third-order valence-corrected chi connectivity index (χ3v) is 1.93. The summed E-state index contributed by atoms with van der Waals surface area (Å²) in [5, 5.41) is 0. The van der Waals surface area contributed by atoms with Gasteiger partial charge < -0.3 is 0 Å². The summed E-state index contributed by atoms with van der Waals surface area (Å²) in [5.74, 6) is -5.39. The number of carbonyl (C=O) groups is 2. The summed E-state index contributed by atoms with van der Waals surface area (Å²) in [4.78, 5) is 19.8. The summed E-state index contributed by atoms with van der Waals surface area (Å²) in [6.07, 6.45) is -10.6. The van der Waals surface area contributed by atoms with Crippen molar-refractivity contribution in [3.8, 4) is 0 Å². The fourth-order valence-corrected chi connectivity index (χ4v) is 1.16. The molecule has 4 nitrogen and oxygen atoms in total. The first-order valence-electron chi connectivity index (χ1n) is 2.78. The van der Waals surface area contributed by atoms with Gasteiger partial charge in [0.25, 0.3) is 0 Å². The Balaban J connectivity index is 0. The second-order valence-corrected chi connectivity index (χ2v) is 3.14. The Bertz CT molecular complexity index is 236. The van der Waals surface area contributed by atoms with E-state index in [4.69, 9.17) is 0 Å². The summed E-state index contributed by atoms with van der Waals surface area (Å²) in [6, 6.07) is 0. The quantitative estimate of drug-likeness (QED) is 0.403. The van der Waals surface area contributed by atoms with Crippen LogP contribution in [0.3, 0.4) is 0 Å². The largest absolute Gasteiger partial charge is 0.146 e. The van der Waals surface area contributed by atoms with Crippen LogP contribution in [0.25, 0.3) is 0 Å². The molecular formula is C4H3AlF6IO4. The molecular weight excluding hydrogens is 380 g/mol. The zero-order chi connectivity index (χ0) is 12.3. The first-order chi connectivity index (χ1) is 6.55. The smallest absolute Gasteiger partial charge is 0.146 e. The van der Waals surface area contributed by atoms with E-state index in [0.29, 0.717) is 0 Å². The number of alkyl halides is 6. The van der Waals surface area contributed by atoms with Crippen LogP contribution >= 0.6 is 22.0 Å². The fraction of sp³-hybridized carbons (Fsp3) is 0.500. The van der Waals surface area contributed by atoms with E-state index in [1.807, 2.05) is 0 Å². The van der Waals surface area contributed by atoms with Crippen molar-refractivity contribution in [1.29, 1.82) is 0 Å². The van der Waals surface area contributed by atoms with E-state index in [-0.39, 0.29) is 17.4 Å². The van der Waals surface area contributed by atoms with Gasteiger partial charge in [0.15, 0.2) is 0 Å². The Morgan fingerprint density at radius 3 is 1.25 bits per heavy atom. The van der Waals surface area contributed by atoms with E-state index >= 15 is 0 Å². The van der Waals surface area contributed by atoms with Crippen LogP contribution in [0.2, 0.25) is 0 Å². The predicted octanol–water partition coefficient (Wildman–Crippen LogP) is 0.814. The normalized spacial score (nSPS) is 11.6. The van der Waals surface area contributed by atoms with Crippen molar-refractivity contribution in [2.75, 3.05) is 0 Å². The van der Waals surface area contributed by atoms with Crippen LogP contribution < -0.4 is 0 Å². The minimum Gasteiger partial charge on any atom is 0.146 e. The summed E-state index contributed by atoms with van der Waals surface area (Å²) in [7, 11) is 0. The van der Waals surface area contributed by atoms with Crippen LogP contribution in [0, 0.1) is 0 Å². The standard InChI is InChI=1S/C4HF6IO4.Al.2H/c5-3(6,7)1(12)14-11-15-2(13)4(8,9)10;;;/h11H;;;.